The minimum atomic E-state index is -0.522. The van der Waals surface area contributed by atoms with E-state index in [4.69, 9.17) is 14.2 Å². The van der Waals surface area contributed by atoms with E-state index >= 15 is 0 Å². The summed E-state index contributed by atoms with van der Waals surface area (Å²) in [6, 6.07) is 12.9. The number of nitrogens with one attached hydrogen (secondary N) is 1. The van der Waals surface area contributed by atoms with Crippen molar-refractivity contribution in [1.82, 2.24) is 10.2 Å². The third-order valence-electron chi connectivity index (χ3n) is 5.96. The van der Waals surface area contributed by atoms with Crippen molar-refractivity contribution in [2.45, 2.75) is 58.5 Å². The summed E-state index contributed by atoms with van der Waals surface area (Å²) in [6.07, 6.45) is 3.32. The summed E-state index contributed by atoms with van der Waals surface area (Å²) in [5, 5.41) is 3.00. The van der Waals surface area contributed by atoms with Crippen LogP contribution in [0.2, 0.25) is 0 Å². The van der Waals surface area contributed by atoms with Crippen molar-refractivity contribution in [3.63, 3.8) is 0 Å². The maximum atomic E-state index is 13.4. The number of fused-ring (bicyclic) bond motifs is 1. The molecule has 0 spiro atoms. The molecule has 3 rings (SSSR count). The molecular formula is C27H36N2O5. The first kappa shape index (κ1) is 25.4. The van der Waals surface area contributed by atoms with Crippen LogP contribution < -0.4 is 19.5 Å². The minimum absolute atomic E-state index is 0.0526. The second-order valence-corrected chi connectivity index (χ2v) is 8.42. The average molecular weight is 469 g/mol. The summed E-state index contributed by atoms with van der Waals surface area (Å²) in [5.74, 6) is 2.05. The molecular weight excluding hydrogens is 432 g/mol. The van der Waals surface area contributed by atoms with E-state index in [1.54, 1.807) is 12.0 Å². The summed E-state index contributed by atoms with van der Waals surface area (Å²) in [6.45, 7) is 6.08. The molecule has 0 bridgehead atoms. The highest BCUT2D eigenvalue weighted by atomic mass is 16.6. The minimum Gasteiger partial charge on any atom is -0.497 e. The van der Waals surface area contributed by atoms with Crippen molar-refractivity contribution in [3.8, 4) is 17.2 Å². The highest BCUT2D eigenvalue weighted by Gasteiger charge is 2.28. The molecule has 0 aliphatic carbocycles. The summed E-state index contributed by atoms with van der Waals surface area (Å²) in [7, 11) is 1.62. The van der Waals surface area contributed by atoms with E-state index in [9.17, 15) is 9.59 Å². The van der Waals surface area contributed by atoms with E-state index < -0.39 is 6.04 Å². The third-order valence-corrected chi connectivity index (χ3v) is 5.96. The smallest absolute Gasteiger partial charge is 0.242 e. The molecule has 0 saturated carbocycles. The molecule has 2 aromatic carbocycles. The van der Waals surface area contributed by atoms with E-state index in [0.717, 1.165) is 35.5 Å². The standard InChI is InChI=1S/C27H36N2O5/c1-4-6-15-28-27(31)23(5-2)29(19-21-7-11-22(32-3)12-8-21)26(30)14-10-20-9-13-24-25(18-20)34-17-16-33-24/h7-9,11-13,18,23H,4-6,10,14-17,19H2,1-3H3,(H,28,31)/t23-/m1/s1. The zero-order valence-electron chi connectivity index (χ0n) is 20.5. The number of benzene rings is 2. The van der Waals surface area contributed by atoms with Crippen molar-refractivity contribution in [2.24, 2.45) is 0 Å². The number of carbonyl (C=O) groups is 2. The molecule has 1 heterocycles. The molecule has 2 aromatic rings. The Morgan fingerprint density at radius 3 is 2.41 bits per heavy atom. The second-order valence-electron chi connectivity index (χ2n) is 8.42. The van der Waals surface area contributed by atoms with Crippen molar-refractivity contribution in [1.29, 1.82) is 0 Å². The summed E-state index contributed by atoms with van der Waals surface area (Å²) >= 11 is 0. The van der Waals surface area contributed by atoms with Crippen LogP contribution in [-0.2, 0) is 22.6 Å². The van der Waals surface area contributed by atoms with Crippen molar-refractivity contribution < 1.29 is 23.8 Å². The van der Waals surface area contributed by atoms with Crippen LogP contribution in [-0.4, -0.2) is 49.6 Å². The first-order valence-electron chi connectivity index (χ1n) is 12.1. The topological polar surface area (TPSA) is 77.1 Å². The molecule has 0 unspecified atom stereocenters. The third kappa shape index (κ3) is 6.89. The zero-order valence-corrected chi connectivity index (χ0v) is 20.5. The van der Waals surface area contributed by atoms with Gasteiger partial charge in [0.05, 0.1) is 7.11 Å². The van der Waals surface area contributed by atoms with Gasteiger partial charge in [-0.15, -0.1) is 0 Å². The number of nitrogens with zero attached hydrogens (tertiary/aromatic N) is 1. The fraction of sp³-hybridized carbons (Fsp3) is 0.481. The lowest BCUT2D eigenvalue weighted by molar-refractivity contribution is -0.141. The Morgan fingerprint density at radius 2 is 1.74 bits per heavy atom. The lowest BCUT2D eigenvalue weighted by atomic mass is 10.1. The maximum Gasteiger partial charge on any atom is 0.242 e. The number of amides is 2. The maximum absolute atomic E-state index is 13.4. The summed E-state index contributed by atoms with van der Waals surface area (Å²) in [4.78, 5) is 28.1. The highest BCUT2D eigenvalue weighted by molar-refractivity contribution is 5.87. The van der Waals surface area contributed by atoms with Crippen LogP contribution in [0.1, 0.15) is 50.7 Å². The van der Waals surface area contributed by atoms with Gasteiger partial charge in [0.15, 0.2) is 11.5 Å². The molecule has 1 aliphatic rings. The lowest BCUT2D eigenvalue weighted by Crippen LogP contribution is -2.49. The summed E-state index contributed by atoms with van der Waals surface area (Å²) in [5.41, 5.74) is 1.95. The number of aryl methyl sites for hydroxylation is 1. The molecule has 7 heteroatoms. The van der Waals surface area contributed by atoms with Gasteiger partial charge in [-0.05, 0) is 54.7 Å². The Labute approximate surface area is 202 Å². The fourth-order valence-corrected chi connectivity index (χ4v) is 3.99. The van der Waals surface area contributed by atoms with Crippen LogP contribution in [0.5, 0.6) is 17.2 Å². The molecule has 7 nitrogen and oxygen atoms in total. The number of ether oxygens (including phenoxy) is 3. The largest absolute Gasteiger partial charge is 0.497 e. The van der Waals surface area contributed by atoms with Gasteiger partial charge in [0.25, 0.3) is 0 Å². The molecule has 0 aromatic heterocycles. The first-order valence-corrected chi connectivity index (χ1v) is 12.1. The Kier molecular flexibility index (Phi) is 9.62. The van der Waals surface area contributed by atoms with Gasteiger partial charge < -0.3 is 24.4 Å². The molecule has 0 saturated heterocycles. The van der Waals surface area contributed by atoms with Crippen LogP contribution in [0.15, 0.2) is 42.5 Å². The fourth-order valence-electron chi connectivity index (χ4n) is 3.99. The van der Waals surface area contributed by atoms with Gasteiger partial charge in [-0.25, -0.2) is 0 Å². The molecule has 0 fully saturated rings. The molecule has 1 atom stereocenters. The molecule has 34 heavy (non-hydrogen) atoms. The normalized spacial score (nSPS) is 13.1. The van der Waals surface area contributed by atoms with Gasteiger partial charge >= 0.3 is 0 Å². The Bertz CT molecular complexity index is 945. The van der Waals surface area contributed by atoms with E-state index in [2.05, 4.69) is 12.2 Å². The Balaban J connectivity index is 1.73. The van der Waals surface area contributed by atoms with Crippen LogP contribution in [0.3, 0.4) is 0 Å². The number of hydrogen-bond donors (Lipinski definition) is 1. The van der Waals surface area contributed by atoms with E-state index in [-0.39, 0.29) is 11.8 Å². The van der Waals surface area contributed by atoms with Gasteiger partial charge in [0, 0.05) is 19.5 Å². The van der Waals surface area contributed by atoms with Crippen LogP contribution in [0, 0.1) is 0 Å². The van der Waals surface area contributed by atoms with E-state index in [0.29, 0.717) is 51.3 Å². The van der Waals surface area contributed by atoms with Crippen molar-refractivity contribution >= 4 is 11.8 Å². The molecule has 1 aliphatic heterocycles. The number of rotatable bonds is 12. The van der Waals surface area contributed by atoms with Gasteiger partial charge in [0.1, 0.15) is 25.0 Å². The zero-order chi connectivity index (χ0) is 24.3. The quantitative estimate of drug-likeness (QED) is 0.474. The molecule has 1 N–H and O–H groups in total. The second kappa shape index (κ2) is 12.9. The first-order chi connectivity index (χ1) is 16.5. The van der Waals surface area contributed by atoms with Gasteiger partial charge in [-0.1, -0.05) is 38.5 Å². The monoisotopic (exact) mass is 468 g/mol. The number of hydrogen-bond acceptors (Lipinski definition) is 5. The lowest BCUT2D eigenvalue weighted by Gasteiger charge is -2.31. The highest BCUT2D eigenvalue weighted by Crippen LogP contribution is 2.31. The molecule has 0 radical (unpaired) electrons. The number of carbonyl (C=O) groups excluding carboxylic acids is 2. The average Bonchev–Trinajstić information content (AvgIpc) is 2.87. The van der Waals surface area contributed by atoms with Crippen LogP contribution in [0.25, 0.3) is 0 Å². The van der Waals surface area contributed by atoms with Crippen LogP contribution in [0.4, 0.5) is 0 Å². The van der Waals surface area contributed by atoms with Crippen LogP contribution >= 0.6 is 0 Å². The predicted octanol–water partition coefficient (Wildman–Crippen LogP) is 4.12. The van der Waals surface area contributed by atoms with Gasteiger partial charge in [-0.3, -0.25) is 9.59 Å². The van der Waals surface area contributed by atoms with Crippen molar-refractivity contribution in [3.05, 3.63) is 53.6 Å². The SMILES string of the molecule is CCCCNC(=O)[C@@H](CC)N(Cc1ccc(OC)cc1)C(=O)CCc1ccc2c(c1)OCCO2. The molecule has 2 amide bonds. The molecule has 184 valence electrons. The van der Waals surface area contributed by atoms with Gasteiger partial charge in [-0.2, -0.15) is 0 Å². The number of unbranched alkanes of at least 4 members (excludes halogenated alkanes) is 1. The number of methoxy groups -OCH3 is 1. The Morgan fingerprint density at radius 1 is 1.03 bits per heavy atom. The van der Waals surface area contributed by atoms with Gasteiger partial charge in [0.2, 0.25) is 11.8 Å². The van der Waals surface area contributed by atoms with E-state index in [1.165, 1.54) is 0 Å². The Hall–Kier alpha value is -3.22. The summed E-state index contributed by atoms with van der Waals surface area (Å²) < 4.78 is 16.5. The predicted molar refractivity (Wildman–Crippen MR) is 131 cm³/mol. The van der Waals surface area contributed by atoms with Crippen molar-refractivity contribution in [2.75, 3.05) is 26.9 Å². The van der Waals surface area contributed by atoms with E-state index in [1.807, 2.05) is 49.4 Å².